The van der Waals surface area contributed by atoms with Crippen LogP contribution in [0, 0.1) is 6.92 Å². The number of rotatable bonds is 3. The van der Waals surface area contributed by atoms with E-state index in [-0.39, 0.29) is 5.41 Å². The first-order chi connectivity index (χ1) is 14.4. The lowest BCUT2D eigenvalue weighted by Crippen LogP contribution is -2.12. The monoisotopic (exact) mass is 429 g/mol. The number of thioether (sulfide) groups is 1. The largest absolute Gasteiger partial charge is 0.464 e. The van der Waals surface area contributed by atoms with Gasteiger partial charge in [0, 0.05) is 42.2 Å². The molecule has 0 aliphatic carbocycles. The Morgan fingerprint density at radius 1 is 1.07 bits per heavy atom. The van der Waals surface area contributed by atoms with Gasteiger partial charge in [0.25, 0.3) is 0 Å². The predicted octanol–water partition coefficient (Wildman–Crippen LogP) is 8.70. The van der Waals surface area contributed by atoms with Crippen LogP contribution in [0.5, 0.6) is 0 Å². The van der Waals surface area contributed by atoms with E-state index < -0.39 is 0 Å². The molecule has 0 atom stereocenters. The molecule has 5 rings (SSSR count). The van der Waals surface area contributed by atoms with Gasteiger partial charge in [0.1, 0.15) is 5.58 Å². The Labute approximate surface area is 184 Å². The number of aryl methyl sites for hydroxylation is 1. The zero-order chi connectivity index (χ0) is 21.0. The number of nitrogens with zero attached hydrogens (tertiary/aromatic N) is 1. The molecule has 0 saturated carbocycles. The van der Waals surface area contributed by atoms with Crippen LogP contribution in [-0.4, -0.2) is 4.98 Å². The third kappa shape index (κ3) is 3.06. The minimum atomic E-state index is 0.0316. The summed E-state index contributed by atoms with van der Waals surface area (Å²) >= 11 is 3.50. The van der Waals surface area contributed by atoms with E-state index in [1.54, 1.807) is 11.8 Å². The molecule has 5 aromatic rings. The number of furan rings is 1. The van der Waals surface area contributed by atoms with Crippen LogP contribution in [0.3, 0.4) is 0 Å². The summed E-state index contributed by atoms with van der Waals surface area (Å²) < 4.78 is 8.32. The van der Waals surface area contributed by atoms with E-state index in [1.165, 1.54) is 41.6 Å². The molecule has 0 aliphatic heterocycles. The Morgan fingerprint density at radius 3 is 2.67 bits per heavy atom. The van der Waals surface area contributed by atoms with Crippen molar-refractivity contribution in [3.8, 4) is 11.3 Å². The predicted molar refractivity (Wildman–Crippen MR) is 132 cm³/mol. The molecule has 0 bridgehead atoms. The fraction of sp³-hybridized carbons (Fsp3) is 0.192. The Bertz CT molecular complexity index is 1430. The SMILES string of the molecule is C=CSc1ccc(-c2nccc3sc4cc5c(C)coc5cc4c23)cc1C(C)(C)C. The maximum Gasteiger partial charge on any atom is 0.134 e. The van der Waals surface area contributed by atoms with E-state index in [2.05, 4.69) is 70.7 Å². The quantitative estimate of drug-likeness (QED) is 0.268. The van der Waals surface area contributed by atoms with Gasteiger partial charge in [-0.05, 0) is 59.2 Å². The highest BCUT2D eigenvalue weighted by molar-refractivity contribution is 8.02. The Morgan fingerprint density at radius 2 is 1.90 bits per heavy atom. The lowest BCUT2D eigenvalue weighted by Gasteiger charge is -2.23. The van der Waals surface area contributed by atoms with Crippen molar-refractivity contribution in [2.24, 2.45) is 0 Å². The molecule has 150 valence electrons. The van der Waals surface area contributed by atoms with Crippen molar-refractivity contribution in [1.29, 1.82) is 0 Å². The van der Waals surface area contributed by atoms with Gasteiger partial charge in [-0.3, -0.25) is 4.98 Å². The molecule has 0 radical (unpaired) electrons. The average Bonchev–Trinajstić information content (AvgIpc) is 3.26. The smallest absolute Gasteiger partial charge is 0.134 e. The van der Waals surface area contributed by atoms with E-state index in [1.807, 2.05) is 29.2 Å². The number of fused-ring (bicyclic) bond motifs is 4. The summed E-state index contributed by atoms with van der Waals surface area (Å²) in [6, 6.07) is 13.2. The molecule has 0 unspecified atom stereocenters. The molecule has 3 aromatic heterocycles. The van der Waals surface area contributed by atoms with E-state index in [0.717, 1.165) is 16.8 Å². The molecule has 0 saturated heterocycles. The summed E-state index contributed by atoms with van der Waals surface area (Å²) in [5.74, 6) is 0. The fourth-order valence-corrected chi connectivity index (χ4v) is 5.98. The van der Waals surface area contributed by atoms with Gasteiger partial charge in [-0.2, -0.15) is 0 Å². The van der Waals surface area contributed by atoms with Crippen molar-refractivity contribution in [1.82, 2.24) is 4.98 Å². The fourth-order valence-electron chi connectivity index (χ4n) is 4.04. The van der Waals surface area contributed by atoms with Crippen molar-refractivity contribution in [2.75, 3.05) is 0 Å². The second kappa shape index (κ2) is 7.00. The van der Waals surface area contributed by atoms with Crippen molar-refractivity contribution in [3.63, 3.8) is 0 Å². The summed E-state index contributed by atoms with van der Waals surface area (Å²) in [4.78, 5) is 6.08. The standard InChI is InChI=1S/C26H23NOS2/c1-6-29-21-8-7-16(11-19(21)26(3,4)5)25-24-18-12-20-17(15(2)14-28-20)13-23(18)30-22(24)9-10-27-25/h6-14H,1H2,2-5H3. The number of aromatic nitrogens is 1. The normalized spacial score (nSPS) is 12.3. The molecule has 2 aromatic carbocycles. The maximum atomic E-state index is 5.80. The van der Waals surface area contributed by atoms with Gasteiger partial charge in [-0.15, -0.1) is 11.3 Å². The highest BCUT2D eigenvalue weighted by atomic mass is 32.2. The van der Waals surface area contributed by atoms with Gasteiger partial charge in [-0.25, -0.2) is 0 Å². The summed E-state index contributed by atoms with van der Waals surface area (Å²) in [5, 5.41) is 5.50. The lowest BCUT2D eigenvalue weighted by molar-refractivity contribution is 0.578. The topological polar surface area (TPSA) is 26.0 Å². The highest BCUT2D eigenvalue weighted by Gasteiger charge is 2.21. The van der Waals surface area contributed by atoms with E-state index >= 15 is 0 Å². The minimum absolute atomic E-state index is 0.0316. The molecule has 4 heteroatoms. The Balaban J connectivity index is 1.80. The first-order valence-electron chi connectivity index (χ1n) is 9.98. The Hall–Kier alpha value is -2.56. The minimum Gasteiger partial charge on any atom is -0.464 e. The van der Waals surface area contributed by atoms with E-state index in [9.17, 15) is 0 Å². The number of hydrogen-bond donors (Lipinski definition) is 0. The van der Waals surface area contributed by atoms with Crippen molar-refractivity contribution in [2.45, 2.75) is 38.0 Å². The number of pyridine rings is 1. The molecule has 2 nitrogen and oxygen atoms in total. The van der Waals surface area contributed by atoms with Crippen LogP contribution in [0.2, 0.25) is 0 Å². The summed E-state index contributed by atoms with van der Waals surface area (Å²) in [7, 11) is 0. The molecule has 30 heavy (non-hydrogen) atoms. The van der Waals surface area contributed by atoms with Crippen molar-refractivity contribution < 1.29 is 4.42 Å². The van der Waals surface area contributed by atoms with Gasteiger partial charge in [0.05, 0.1) is 12.0 Å². The first-order valence-corrected chi connectivity index (χ1v) is 11.7. The average molecular weight is 430 g/mol. The second-order valence-electron chi connectivity index (χ2n) is 8.64. The third-order valence-electron chi connectivity index (χ3n) is 5.54. The molecule has 0 aliphatic rings. The second-order valence-corrected chi connectivity index (χ2v) is 10.7. The van der Waals surface area contributed by atoms with E-state index in [0.29, 0.717) is 0 Å². The first kappa shape index (κ1) is 19.4. The summed E-state index contributed by atoms with van der Waals surface area (Å²) in [6.07, 6.45) is 3.76. The highest BCUT2D eigenvalue weighted by Crippen LogP contribution is 2.43. The van der Waals surface area contributed by atoms with Crippen LogP contribution < -0.4 is 0 Å². The van der Waals surface area contributed by atoms with Crippen molar-refractivity contribution in [3.05, 3.63) is 72.0 Å². The molecular weight excluding hydrogens is 406 g/mol. The molecular formula is C26H23NOS2. The van der Waals surface area contributed by atoms with Gasteiger partial charge in [0.15, 0.2) is 0 Å². The van der Waals surface area contributed by atoms with Crippen LogP contribution in [0.4, 0.5) is 0 Å². The molecule has 0 N–H and O–H groups in total. The van der Waals surface area contributed by atoms with Crippen molar-refractivity contribution >= 4 is 54.2 Å². The maximum absolute atomic E-state index is 5.80. The van der Waals surface area contributed by atoms with Gasteiger partial charge in [-0.1, -0.05) is 45.2 Å². The van der Waals surface area contributed by atoms with Crippen LogP contribution in [0.15, 0.2) is 70.2 Å². The van der Waals surface area contributed by atoms with Crippen LogP contribution in [0.1, 0.15) is 31.9 Å². The van der Waals surface area contributed by atoms with Crippen LogP contribution >= 0.6 is 23.1 Å². The number of thiophene rings is 1. The summed E-state index contributed by atoms with van der Waals surface area (Å²) in [6.45, 7) is 12.7. The zero-order valence-electron chi connectivity index (χ0n) is 17.6. The number of hydrogen-bond acceptors (Lipinski definition) is 4. The molecule has 0 amide bonds. The van der Waals surface area contributed by atoms with Crippen LogP contribution in [-0.2, 0) is 5.41 Å². The van der Waals surface area contributed by atoms with Gasteiger partial charge in [0.2, 0.25) is 0 Å². The zero-order valence-corrected chi connectivity index (χ0v) is 19.2. The molecule has 0 spiro atoms. The third-order valence-corrected chi connectivity index (χ3v) is 7.44. The van der Waals surface area contributed by atoms with Crippen LogP contribution in [0.25, 0.3) is 42.4 Å². The lowest BCUT2D eigenvalue weighted by atomic mass is 9.85. The van der Waals surface area contributed by atoms with E-state index in [4.69, 9.17) is 9.40 Å². The molecule has 3 heterocycles. The van der Waals surface area contributed by atoms with Gasteiger partial charge >= 0.3 is 0 Å². The van der Waals surface area contributed by atoms with Gasteiger partial charge < -0.3 is 4.42 Å². The molecule has 0 fully saturated rings. The number of benzene rings is 2. The summed E-state index contributed by atoms with van der Waals surface area (Å²) in [5.41, 5.74) is 5.63. The Kier molecular flexibility index (Phi) is 4.53.